The Morgan fingerprint density at radius 1 is 1.00 bits per heavy atom. The number of benzene rings is 1. The summed E-state index contributed by atoms with van der Waals surface area (Å²) in [6.07, 6.45) is 11.8. The molecule has 8 heteroatoms. The molecule has 0 saturated heterocycles. The fourth-order valence-electron chi connectivity index (χ4n) is 5.34. The van der Waals surface area contributed by atoms with E-state index in [1.54, 1.807) is 14.2 Å². The molecule has 1 aromatic heterocycles. The highest BCUT2D eigenvalue weighted by Crippen LogP contribution is 2.39. The van der Waals surface area contributed by atoms with Crippen molar-refractivity contribution >= 4 is 17.7 Å². The summed E-state index contributed by atoms with van der Waals surface area (Å²) in [5, 5.41) is 9.82. The molecule has 1 unspecified atom stereocenters. The average Bonchev–Trinajstić information content (AvgIpc) is 3.31. The van der Waals surface area contributed by atoms with Gasteiger partial charge in [0.05, 0.1) is 19.5 Å². The Morgan fingerprint density at radius 3 is 2.29 bits per heavy atom. The summed E-state index contributed by atoms with van der Waals surface area (Å²) >= 11 is 1.54. The first kappa shape index (κ1) is 24.9. The van der Waals surface area contributed by atoms with Crippen molar-refractivity contribution in [2.75, 3.05) is 21.3 Å². The second kappa shape index (κ2) is 11.5. The first-order valence-corrected chi connectivity index (χ1v) is 13.5. The Hall–Kier alpha value is -2.22. The lowest BCUT2D eigenvalue weighted by molar-refractivity contribution is -0.131. The number of carbonyl (C=O) groups is 1. The third kappa shape index (κ3) is 5.37. The maximum absolute atomic E-state index is 13.3. The van der Waals surface area contributed by atoms with Crippen LogP contribution in [0.3, 0.4) is 0 Å². The Kier molecular flexibility index (Phi) is 8.40. The van der Waals surface area contributed by atoms with Crippen molar-refractivity contribution in [1.29, 1.82) is 0 Å². The first-order valence-electron chi connectivity index (χ1n) is 12.6. The molecule has 4 rings (SSSR count). The molecule has 7 nitrogen and oxygen atoms in total. The SMILES string of the molecule is COc1ccc(-c2nnc(SC(C)C(=O)N(C)C3CCCCC3)n2C2CCCCC2)cc1OC. The van der Waals surface area contributed by atoms with Gasteiger partial charge in [0.15, 0.2) is 22.5 Å². The minimum absolute atomic E-state index is 0.183. The van der Waals surface area contributed by atoms with E-state index in [0.717, 1.165) is 42.2 Å². The molecule has 186 valence electrons. The van der Waals surface area contributed by atoms with Gasteiger partial charge in [-0.25, -0.2) is 0 Å². The van der Waals surface area contributed by atoms with E-state index in [0.29, 0.717) is 23.6 Å². The molecule has 0 aliphatic heterocycles. The van der Waals surface area contributed by atoms with Gasteiger partial charge in [-0.05, 0) is 50.8 Å². The van der Waals surface area contributed by atoms with Gasteiger partial charge in [0.25, 0.3) is 0 Å². The number of amides is 1. The number of hydrogen-bond donors (Lipinski definition) is 0. The van der Waals surface area contributed by atoms with Crippen LogP contribution >= 0.6 is 11.8 Å². The highest BCUT2D eigenvalue weighted by atomic mass is 32.2. The molecule has 1 atom stereocenters. The topological polar surface area (TPSA) is 69.5 Å². The lowest BCUT2D eigenvalue weighted by Gasteiger charge is -2.33. The number of ether oxygens (including phenoxy) is 2. The van der Waals surface area contributed by atoms with Crippen molar-refractivity contribution in [2.24, 2.45) is 0 Å². The third-order valence-corrected chi connectivity index (χ3v) is 8.39. The molecule has 34 heavy (non-hydrogen) atoms. The van der Waals surface area contributed by atoms with Crippen molar-refractivity contribution in [2.45, 2.75) is 93.6 Å². The van der Waals surface area contributed by atoms with Crippen LogP contribution in [-0.2, 0) is 4.79 Å². The Bertz CT molecular complexity index is 967. The number of aromatic nitrogens is 3. The largest absolute Gasteiger partial charge is 0.493 e. The van der Waals surface area contributed by atoms with E-state index in [4.69, 9.17) is 9.47 Å². The van der Waals surface area contributed by atoms with Crippen molar-refractivity contribution in [3.63, 3.8) is 0 Å². The van der Waals surface area contributed by atoms with Gasteiger partial charge in [-0.15, -0.1) is 10.2 Å². The van der Waals surface area contributed by atoms with E-state index in [9.17, 15) is 4.79 Å². The second-order valence-corrected chi connectivity index (χ2v) is 10.8. The van der Waals surface area contributed by atoms with Crippen LogP contribution < -0.4 is 9.47 Å². The van der Waals surface area contributed by atoms with Gasteiger partial charge >= 0.3 is 0 Å². The van der Waals surface area contributed by atoms with Crippen molar-refractivity contribution < 1.29 is 14.3 Å². The number of rotatable bonds is 8. The van der Waals surface area contributed by atoms with Crippen molar-refractivity contribution in [3.8, 4) is 22.9 Å². The highest BCUT2D eigenvalue weighted by molar-refractivity contribution is 8.00. The summed E-state index contributed by atoms with van der Waals surface area (Å²) in [4.78, 5) is 15.3. The summed E-state index contributed by atoms with van der Waals surface area (Å²) < 4.78 is 13.2. The lowest BCUT2D eigenvalue weighted by atomic mass is 9.94. The third-order valence-electron chi connectivity index (χ3n) is 7.35. The molecule has 0 N–H and O–H groups in total. The Balaban J connectivity index is 1.61. The van der Waals surface area contributed by atoms with Gasteiger partial charge in [-0.2, -0.15) is 0 Å². The lowest BCUT2D eigenvalue weighted by Crippen LogP contribution is -2.42. The molecule has 0 spiro atoms. The minimum atomic E-state index is -0.211. The molecule has 2 saturated carbocycles. The van der Waals surface area contributed by atoms with Crippen LogP contribution in [0.25, 0.3) is 11.4 Å². The molecule has 2 aromatic rings. The predicted octanol–water partition coefficient (Wildman–Crippen LogP) is 5.74. The zero-order valence-corrected chi connectivity index (χ0v) is 21.8. The quantitative estimate of drug-likeness (QED) is 0.443. The van der Waals surface area contributed by atoms with Crippen LogP contribution in [0.2, 0.25) is 0 Å². The maximum atomic E-state index is 13.3. The van der Waals surface area contributed by atoms with Gasteiger partial charge < -0.3 is 14.4 Å². The first-order chi connectivity index (χ1) is 16.5. The van der Waals surface area contributed by atoms with E-state index in [2.05, 4.69) is 14.8 Å². The van der Waals surface area contributed by atoms with Crippen LogP contribution in [0.4, 0.5) is 0 Å². The molecular formula is C26H38N4O3S. The number of methoxy groups -OCH3 is 2. The number of carbonyl (C=O) groups excluding carboxylic acids is 1. The Morgan fingerprint density at radius 2 is 1.65 bits per heavy atom. The van der Waals surface area contributed by atoms with Gasteiger partial charge in [0.1, 0.15) is 0 Å². The van der Waals surface area contributed by atoms with Crippen molar-refractivity contribution in [1.82, 2.24) is 19.7 Å². The van der Waals surface area contributed by atoms with Crippen LogP contribution in [0.1, 0.15) is 77.2 Å². The number of thioether (sulfide) groups is 1. The standard InChI is InChI=1S/C26H38N4O3S/c1-18(25(31)29(2)20-11-7-5-8-12-20)34-26-28-27-24(30(26)21-13-9-6-10-14-21)19-15-16-22(32-3)23(17-19)33-4/h15-18,20-21H,5-14H2,1-4H3. The van der Waals surface area contributed by atoms with Crippen LogP contribution in [0, 0.1) is 0 Å². The van der Waals surface area contributed by atoms with E-state index >= 15 is 0 Å². The van der Waals surface area contributed by atoms with Crippen LogP contribution in [0.5, 0.6) is 11.5 Å². The number of hydrogen-bond acceptors (Lipinski definition) is 6. The predicted molar refractivity (Wildman–Crippen MR) is 136 cm³/mol. The van der Waals surface area contributed by atoms with Crippen LogP contribution in [-0.4, -0.2) is 58.1 Å². The van der Waals surface area contributed by atoms with Gasteiger partial charge in [0, 0.05) is 24.7 Å². The summed E-state index contributed by atoms with van der Waals surface area (Å²) in [5.74, 6) is 2.37. The fourth-order valence-corrected chi connectivity index (χ4v) is 6.36. The zero-order valence-electron chi connectivity index (χ0n) is 21.0. The van der Waals surface area contributed by atoms with Gasteiger partial charge in [-0.3, -0.25) is 9.36 Å². The van der Waals surface area contributed by atoms with Gasteiger partial charge in [-0.1, -0.05) is 50.3 Å². The molecule has 0 bridgehead atoms. The zero-order chi connectivity index (χ0) is 24.1. The summed E-state index contributed by atoms with van der Waals surface area (Å²) in [6, 6.07) is 6.58. The molecule has 2 aliphatic rings. The monoisotopic (exact) mass is 486 g/mol. The average molecular weight is 487 g/mol. The van der Waals surface area contributed by atoms with Crippen molar-refractivity contribution in [3.05, 3.63) is 18.2 Å². The fraction of sp³-hybridized carbons (Fsp3) is 0.654. The van der Waals surface area contributed by atoms with E-state index in [-0.39, 0.29) is 11.2 Å². The molecule has 2 fully saturated rings. The van der Waals surface area contributed by atoms with E-state index in [1.807, 2.05) is 37.1 Å². The Labute approximate surface area is 207 Å². The van der Waals surface area contributed by atoms with E-state index < -0.39 is 0 Å². The molecular weight excluding hydrogens is 448 g/mol. The maximum Gasteiger partial charge on any atom is 0.235 e. The molecule has 1 amide bonds. The minimum Gasteiger partial charge on any atom is -0.493 e. The number of nitrogens with zero attached hydrogens (tertiary/aromatic N) is 4. The highest BCUT2D eigenvalue weighted by Gasteiger charge is 2.30. The normalized spacial score (nSPS) is 18.5. The summed E-state index contributed by atoms with van der Waals surface area (Å²) in [6.45, 7) is 2.00. The second-order valence-electron chi connectivity index (χ2n) is 9.54. The van der Waals surface area contributed by atoms with Gasteiger partial charge in [0.2, 0.25) is 5.91 Å². The van der Waals surface area contributed by atoms with Crippen LogP contribution in [0.15, 0.2) is 23.4 Å². The molecule has 1 aromatic carbocycles. The molecule has 0 radical (unpaired) electrons. The van der Waals surface area contributed by atoms with E-state index in [1.165, 1.54) is 50.3 Å². The summed E-state index contributed by atoms with van der Waals surface area (Å²) in [7, 11) is 5.25. The smallest absolute Gasteiger partial charge is 0.235 e. The molecule has 2 aliphatic carbocycles. The summed E-state index contributed by atoms with van der Waals surface area (Å²) in [5.41, 5.74) is 0.945. The molecule has 1 heterocycles.